The van der Waals surface area contributed by atoms with Crippen LogP contribution in [0, 0.1) is 11.3 Å². The van der Waals surface area contributed by atoms with Gasteiger partial charge in [-0.2, -0.15) is 5.26 Å². The Morgan fingerprint density at radius 2 is 1.63 bits per heavy atom. The molecule has 30 heavy (non-hydrogen) atoms. The molecule has 0 saturated heterocycles. The van der Waals surface area contributed by atoms with Gasteiger partial charge in [-0.3, -0.25) is 20.4 Å². The predicted molar refractivity (Wildman–Crippen MR) is 114 cm³/mol. The molecule has 0 radical (unpaired) electrons. The van der Waals surface area contributed by atoms with Gasteiger partial charge in [0.1, 0.15) is 5.75 Å². The molecule has 148 valence electrons. The minimum Gasteiger partial charge on any atom is -0.484 e. The Kier molecular flexibility index (Phi) is 6.96. The van der Waals surface area contributed by atoms with Crippen LogP contribution in [0.5, 0.6) is 5.75 Å². The van der Waals surface area contributed by atoms with Crippen molar-refractivity contribution in [2.24, 2.45) is 0 Å². The second kappa shape index (κ2) is 10.2. The summed E-state index contributed by atoms with van der Waals surface area (Å²) in [6.07, 6.45) is 3.01. The summed E-state index contributed by atoms with van der Waals surface area (Å²) in [5, 5.41) is 8.75. The number of nitrogens with one attached hydrogen (secondary N) is 2. The second-order valence-corrected chi connectivity index (χ2v) is 6.29. The van der Waals surface area contributed by atoms with Crippen LogP contribution in [0.2, 0.25) is 0 Å². The fourth-order valence-corrected chi connectivity index (χ4v) is 2.61. The van der Waals surface area contributed by atoms with Crippen molar-refractivity contribution < 1.29 is 14.3 Å². The third-order valence-electron chi connectivity index (χ3n) is 4.10. The molecule has 0 heterocycles. The average molecular weight is 397 g/mol. The Morgan fingerprint density at radius 1 is 0.900 bits per heavy atom. The van der Waals surface area contributed by atoms with Gasteiger partial charge in [0.05, 0.1) is 11.6 Å². The number of benzene rings is 3. The molecule has 0 fully saturated rings. The summed E-state index contributed by atoms with van der Waals surface area (Å²) in [6, 6.07) is 26.1. The zero-order valence-corrected chi connectivity index (χ0v) is 16.0. The summed E-state index contributed by atoms with van der Waals surface area (Å²) in [4.78, 5) is 23.7. The first-order valence-electron chi connectivity index (χ1n) is 9.19. The van der Waals surface area contributed by atoms with Gasteiger partial charge in [-0.25, -0.2) is 0 Å². The number of carbonyl (C=O) groups excluding carboxylic acids is 2. The van der Waals surface area contributed by atoms with E-state index < -0.39 is 11.8 Å². The van der Waals surface area contributed by atoms with E-state index in [4.69, 9.17) is 10.00 Å². The van der Waals surface area contributed by atoms with Crippen molar-refractivity contribution in [1.82, 2.24) is 10.9 Å². The molecule has 0 aliphatic rings. The van der Waals surface area contributed by atoms with Crippen LogP contribution in [0.25, 0.3) is 17.2 Å². The molecular formula is C24H19N3O3. The van der Waals surface area contributed by atoms with E-state index in [9.17, 15) is 9.59 Å². The first-order valence-corrected chi connectivity index (χ1v) is 9.19. The van der Waals surface area contributed by atoms with Gasteiger partial charge in [-0.15, -0.1) is 0 Å². The number of ether oxygens (including phenoxy) is 1. The zero-order valence-electron chi connectivity index (χ0n) is 16.0. The predicted octanol–water partition coefficient (Wildman–Crippen LogP) is 3.46. The molecule has 0 unspecified atom stereocenters. The number of rotatable bonds is 6. The second-order valence-electron chi connectivity index (χ2n) is 6.29. The Bertz CT molecular complexity index is 1080. The Labute approximate surface area is 174 Å². The molecule has 3 aromatic rings. The zero-order chi connectivity index (χ0) is 21.2. The molecule has 3 aromatic carbocycles. The fourth-order valence-electron chi connectivity index (χ4n) is 2.61. The van der Waals surface area contributed by atoms with Crippen LogP contribution in [-0.2, 0) is 9.59 Å². The van der Waals surface area contributed by atoms with Crippen LogP contribution in [0.4, 0.5) is 0 Å². The normalized spacial score (nSPS) is 10.2. The highest BCUT2D eigenvalue weighted by molar-refractivity contribution is 5.93. The molecular weight excluding hydrogens is 378 g/mol. The number of nitrogens with zero attached hydrogens (tertiary/aromatic N) is 1. The van der Waals surface area contributed by atoms with Gasteiger partial charge in [0.15, 0.2) is 6.61 Å². The van der Waals surface area contributed by atoms with Gasteiger partial charge < -0.3 is 4.74 Å². The maximum atomic E-state index is 11.9. The van der Waals surface area contributed by atoms with Crippen LogP contribution in [0.1, 0.15) is 11.1 Å². The van der Waals surface area contributed by atoms with E-state index in [1.165, 1.54) is 6.08 Å². The summed E-state index contributed by atoms with van der Waals surface area (Å²) in [5.74, 6) is -0.521. The lowest BCUT2D eigenvalue weighted by molar-refractivity contribution is -0.128. The minimum absolute atomic E-state index is 0.269. The summed E-state index contributed by atoms with van der Waals surface area (Å²) in [6.45, 7) is -0.269. The molecule has 0 saturated carbocycles. The Balaban J connectivity index is 1.46. The molecule has 0 atom stereocenters. The molecule has 0 aliphatic heterocycles. The molecule has 0 bridgehead atoms. The number of nitriles is 1. The van der Waals surface area contributed by atoms with Crippen molar-refractivity contribution in [2.75, 3.05) is 6.61 Å². The number of hydrogen-bond acceptors (Lipinski definition) is 4. The highest BCUT2D eigenvalue weighted by atomic mass is 16.5. The lowest BCUT2D eigenvalue weighted by Crippen LogP contribution is -2.43. The van der Waals surface area contributed by atoms with Gasteiger partial charge in [-0.05, 0) is 53.1 Å². The standard InChI is InChI=1S/C24H19N3O3/c25-16-19-9-12-22(13-10-19)30-17-24(29)27-26-23(28)14-11-18-5-4-8-21(15-18)20-6-2-1-3-7-20/h1-15H,17H2,(H,26,28)(H,27,29)/b14-11+. The number of hydrogen-bond donors (Lipinski definition) is 2. The summed E-state index contributed by atoms with van der Waals surface area (Å²) >= 11 is 0. The smallest absolute Gasteiger partial charge is 0.276 e. The van der Waals surface area contributed by atoms with Gasteiger partial charge in [-0.1, -0.05) is 48.5 Å². The third-order valence-corrected chi connectivity index (χ3v) is 4.10. The summed E-state index contributed by atoms with van der Waals surface area (Å²) < 4.78 is 5.29. The molecule has 2 amide bonds. The van der Waals surface area contributed by atoms with Crippen molar-refractivity contribution in [3.8, 4) is 22.9 Å². The topological polar surface area (TPSA) is 91.2 Å². The number of carbonyl (C=O) groups is 2. The number of amides is 2. The van der Waals surface area contributed by atoms with Crippen LogP contribution in [0.3, 0.4) is 0 Å². The van der Waals surface area contributed by atoms with Crippen molar-refractivity contribution in [2.45, 2.75) is 0 Å². The van der Waals surface area contributed by atoms with E-state index in [0.29, 0.717) is 11.3 Å². The third kappa shape index (κ3) is 6.08. The Morgan fingerprint density at radius 3 is 2.37 bits per heavy atom. The molecule has 0 spiro atoms. The van der Waals surface area contributed by atoms with Crippen LogP contribution in [-0.4, -0.2) is 18.4 Å². The van der Waals surface area contributed by atoms with Gasteiger partial charge in [0.25, 0.3) is 11.8 Å². The van der Waals surface area contributed by atoms with Crippen molar-refractivity contribution in [3.63, 3.8) is 0 Å². The lowest BCUT2D eigenvalue weighted by Gasteiger charge is -2.07. The van der Waals surface area contributed by atoms with E-state index in [1.807, 2.05) is 60.7 Å². The molecule has 6 nitrogen and oxygen atoms in total. The highest BCUT2D eigenvalue weighted by Crippen LogP contribution is 2.20. The van der Waals surface area contributed by atoms with Crippen molar-refractivity contribution in [3.05, 3.63) is 96.1 Å². The SMILES string of the molecule is N#Cc1ccc(OCC(=O)NNC(=O)/C=C/c2cccc(-c3ccccc3)c2)cc1. The quantitative estimate of drug-likeness (QED) is 0.492. The maximum absolute atomic E-state index is 11.9. The summed E-state index contributed by atoms with van der Waals surface area (Å²) in [5.41, 5.74) is 8.09. The van der Waals surface area contributed by atoms with E-state index in [0.717, 1.165) is 16.7 Å². The van der Waals surface area contributed by atoms with Gasteiger partial charge in [0.2, 0.25) is 0 Å². The largest absolute Gasteiger partial charge is 0.484 e. The highest BCUT2D eigenvalue weighted by Gasteiger charge is 2.04. The van der Waals surface area contributed by atoms with E-state index in [1.54, 1.807) is 30.3 Å². The monoisotopic (exact) mass is 397 g/mol. The lowest BCUT2D eigenvalue weighted by atomic mass is 10.0. The van der Waals surface area contributed by atoms with Crippen LogP contribution in [0.15, 0.2) is 84.9 Å². The Hall–Kier alpha value is -4.37. The van der Waals surface area contributed by atoms with Crippen LogP contribution >= 0.6 is 0 Å². The molecule has 3 rings (SSSR count). The van der Waals surface area contributed by atoms with E-state index in [-0.39, 0.29) is 6.61 Å². The van der Waals surface area contributed by atoms with E-state index in [2.05, 4.69) is 10.9 Å². The molecule has 6 heteroatoms. The summed E-state index contributed by atoms with van der Waals surface area (Å²) in [7, 11) is 0. The molecule has 0 aliphatic carbocycles. The van der Waals surface area contributed by atoms with Crippen molar-refractivity contribution >= 4 is 17.9 Å². The van der Waals surface area contributed by atoms with Crippen molar-refractivity contribution in [1.29, 1.82) is 5.26 Å². The average Bonchev–Trinajstić information content (AvgIpc) is 2.81. The van der Waals surface area contributed by atoms with Gasteiger partial charge in [0, 0.05) is 6.08 Å². The first-order chi connectivity index (χ1) is 14.6. The van der Waals surface area contributed by atoms with E-state index >= 15 is 0 Å². The van der Waals surface area contributed by atoms with Crippen LogP contribution < -0.4 is 15.6 Å². The number of hydrazine groups is 1. The van der Waals surface area contributed by atoms with Gasteiger partial charge >= 0.3 is 0 Å². The molecule has 0 aromatic heterocycles. The fraction of sp³-hybridized carbons (Fsp3) is 0.0417. The molecule has 2 N–H and O–H groups in total. The minimum atomic E-state index is -0.507. The first kappa shape index (κ1) is 20.4. The maximum Gasteiger partial charge on any atom is 0.276 e.